The topological polar surface area (TPSA) is 34.0 Å². The number of rotatable bonds is 5. The highest BCUT2D eigenvalue weighted by Gasteiger charge is 2.44. The van der Waals surface area contributed by atoms with Crippen LogP contribution in [0.5, 0.6) is 0 Å². The molecule has 12 rings (SSSR count). The van der Waals surface area contributed by atoms with Crippen LogP contribution in [0.25, 0.3) is 76.0 Å². The molecule has 0 radical (unpaired) electrons. The molecule has 4 nitrogen and oxygen atoms in total. The highest BCUT2D eigenvalue weighted by Crippen LogP contribution is 2.47. The van der Waals surface area contributed by atoms with Crippen LogP contribution in [0.15, 0.2) is 194 Å². The zero-order chi connectivity index (χ0) is 37.5. The lowest BCUT2D eigenvalue weighted by molar-refractivity contribution is 0.673. The maximum absolute atomic E-state index is 5.28. The summed E-state index contributed by atoms with van der Waals surface area (Å²) in [6.07, 6.45) is 15.1. The van der Waals surface area contributed by atoms with Gasteiger partial charge in [-0.3, -0.25) is 0 Å². The van der Waals surface area contributed by atoms with Gasteiger partial charge in [-0.15, -0.1) is 11.3 Å². The number of hydrogen-bond acceptors (Lipinski definition) is 4. The zero-order valence-electron chi connectivity index (χ0n) is 31.0. The second kappa shape index (κ2) is 12.9. The molecule has 3 unspecified atom stereocenters. The van der Waals surface area contributed by atoms with Crippen molar-refractivity contribution < 1.29 is 0 Å². The summed E-state index contributed by atoms with van der Waals surface area (Å²) in [5.41, 5.74) is 12.9. The van der Waals surface area contributed by atoms with Gasteiger partial charge in [0.1, 0.15) is 0 Å². The van der Waals surface area contributed by atoms with E-state index in [1.807, 2.05) is 0 Å². The van der Waals surface area contributed by atoms with E-state index < -0.39 is 0 Å². The molecular weight excluding hydrogens is 713 g/mol. The molecule has 5 heteroatoms. The van der Waals surface area contributed by atoms with Crippen LogP contribution in [-0.2, 0) is 0 Å². The normalized spacial score (nSPS) is 18.7. The van der Waals surface area contributed by atoms with E-state index in [-0.39, 0.29) is 0 Å². The first kappa shape index (κ1) is 32.4. The van der Waals surface area contributed by atoms with Crippen LogP contribution in [0, 0.1) is 5.92 Å². The molecule has 6 aromatic carbocycles. The number of para-hydroxylation sites is 2. The average molecular weight is 749 g/mol. The Morgan fingerprint density at radius 3 is 2.21 bits per heavy atom. The number of anilines is 1. The molecule has 57 heavy (non-hydrogen) atoms. The third-order valence-electron chi connectivity index (χ3n) is 12.1. The molecule has 0 bridgehead atoms. The van der Waals surface area contributed by atoms with Gasteiger partial charge >= 0.3 is 0 Å². The summed E-state index contributed by atoms with van der Waals surface area (Å²) in [7, 11) is 0. The lowest BCUT2D eigenvalue weighted by atomic mass is 9.84. The van der Waals surface area contributed by atoms with Gasteiger partial charge in [0.2, 0.25) is 0 Å². The van der Waals surface area contributed by atoms with Crippen molar-refractivity contribution in [1.82, 2.24) is 14.5 Å². The van der Waals surface area contributed by atoms with E-state index in [1.54, 1.807) is 11.3 Å². The van der Waals surface area contributed by atoms with Crippen molar-refractivity contribution >= 4 is 64.7 Å². The Hall–Kier alpha value is -6.82. The van der Waals surface area contributed by atoms with E-state index >= 15 is 0 Å². The monoisotopic (exact) mass is 748 g/mol. The molecule has 3 aliphatic rings. The number of nitrogens with zero attached hydrogens (tertiary/aromatic N) is 4. The van der Waals surface area contributed by atoms with Gasteiger partial charge in [-0.05, 0) is 71.7 Å². The molecule has 0 amide bonds. The van der Waals surface area contributed by atoms with Gasteiger partial charge < -0.3 is 9.47 Å². The fourth-order valence-corrected chi connectivity index (χ4v) is 10.7. The molecule has 0 saturated carbocycles. The van der Waals surface area contributed by atoms with Crippen molar-refractivity contribution in [2.75, 3.05) is 4.90 Å². The molecule has 0 spiro atoms. The molecule has 1 fully saturated rings. The van der Waals surface area contributed by atoms with E-state index in [1.165, 1.54) is 54.3 Å². The third-order valence-corrected chi connectivity index (χ3v) is 13.3. The minimum Gasteiger partial charge on any atom is -0.357 e. The maximum Gasteiger partial charge on any atom is 0.160 e. The fraction of sp³-hybridized carbons (Fsp3) is 0.0769. The molecule has 2 aliphatic carbocycles. The fourth-order valence-electron chi connectivity index (χ4n) is 9.56. The van der Waals surface area contributed by atoms with Gasteiger partial charge in [-0.1, -0.05) is 140 Å². The number of thiophene rings is 1. The lowest BCUT2D eigenvalue weighted by Crippen LogP contribution is -2.37. The highest BCUT2D eigenvalue weighted by molar-refractivity contribution is 7.26. The molecule has 1 aliphatic heterocycles. The maximum atomic E-state index is 5.28. The standard InChI is InChI=1S/C52H36N4S/c1-3-14-33(15-4-1)49-51-50(41-22-9-12-25-48(41)57-51)54-52(53-49)36-16-13-19-38(30-36)56-45-24-11-8-21-40(45)43-32-35(27-29-47(43)56)34-26-28-46-42(31-34)39-20-7-10-23-44(39)55(46)37-17-5-2-6-18-37/h1-27,29-32,39,44,46H,28H2. The summed E-state index contributed by atoms with van der Waals surface area (Å²) in [4.78, 5) is 13.2. The van der Waals surface area contributed by atoms with Gasteiger partial charge in [-0.2, -0.15) is 0 Å². The van der Waals surface area contributed by atoms with E-state index in [0.29, 0.717) is 18.0 Å². The van der Waals surface area contributed by atoms with Crippen LogP contribution in [0.1, 0.15) is 12.0 Å². The van der Waals surface area contributed by atoms with Crippen molar-refractivity contribution in [3.63, 3.8) is 0 Å². The summed E-state index contributed by atoms with van der Waals surface area (Å²) in [5.74, 6) is 1.10. The first-order valence-corrected chi connectivity index (χ1v) is 20.6. The molecular formula is C52H36N4S. The molecule has 0 N–H and O–H groups in total. The van der Waals surface area contributed by atoms with Gasteiger partial charge in [0.25, 0.3) is 0 Å². The number of allylic oxidation sites excluding steroid dienone is 4. The largest absolute Gasteiger partial charge is 0.357 e. The average Bonchev–Trinajstić information content (AvgIpc) is 3.94. The number of benzene rings is 6. The molecule has 9 aromatic rings. The second-order valence-corrected chi connectivity index (χ2v) is 16.3. The Kier molecular flexibility index (Phi) is 7.32. The second-order valence-electron chi connectivity index (χ2n) is 15.3. The Morgan fingerprint density at radius 2 is 1.32 bits per heavy atom. The van der Waals surface area contributed by atoms with E-state index in [4.69, 9.17) is 9.97 Å². The van der Waals surface area contributed by atoms with Crippen LogP contribution in [-0.4, -0.2) is 26.6 Å². The smallest absolute Gasteiger partial charge is 0.160 e. The Morgan fingerprint density at radius 1 is 0.579 bits per heavy atom. The zero-order valence-corrected chi connectivity index (χ0v) is 31.9. The number of aromatic nitrogens is 3. The van der Waals surface area contributed by atoms with Crippen molar-refractivity contribution in [3.05, 3.63) is 199 Å². The summed E-state index contributed by atoms with van der Waals surface area (Å²) in [5, 5.41) is 3.66. The number of hydrogen-bond donors (Lipinski definition) is 0. The van der Waals surface area contributed by atoms with Crippen molar-refractivity contribution in [2.24, 2.45) is 5.92 Å². The van der Waals surface area contributed by atoms with Crippen LogP contribution in [0.2, 0.25) is 0 Å². The molecule has 4 heterocycles. The molecule has 270 valence electrons. The first-order chi connectivity index (χ1) is 28.3. The highest BCUT2D eigenvalue weighted by atomic mass is 32.1. The molecule has 3 atom stereocenters. The predicted molar refractivity (Wildman–Crippen MR) is 239 cm³/mol. The summed E-state index contributed by atoms with van der Waals surface area (Å²) in [6.45, 7) is 0. The Balaban J connectivity index is 0.965. The van der Waals surface area contributed by atoms with Crippen LogP contribution < -0.4 is 4.90 Å². The van der Waals surface area contributed by atoms with Gasteiger partial charge in [0.15, 0.2) is 5.82 Å². The van der Waals surface area contributed by atoms with E-state index in [9.17, 15) is 0 Å². The summed E-state index contributed by atoms with van der Waals surface area (Å²) >= 11 is 1.77. The molecule has 1 saturated heterocycles. The minimum absolute atomic E-state index is 0.333. The van der Waals surface area contributed by atoms with Crippen molar-refractivity contribution in [1.29, 1.82) is 0 Å². The summed E-state index contributed by atoms with van der Waals surface area (Å²) in [6, 6.07) is 55.2. The van der Waals surface area contributed by atoms with Crippen molar-refractivity contribution in [3.8, 4) is 28.3 Å². The minimum atomic E-state index is 0.333. The van der Waals surface area contributed by atoms with Crippen LogP contribution >= 0.6 is 11.3 Å². The first-order valence-electron chi connectivity index (χ1n) is 19.8. The van der Waals surface area contributed by atoms with Gasteiger partial charge in [0.05, 0.1) is 39.0 Å². The lowest BCUT2D eigenvalue weighted by Gasteiger charge is -2.32. The van der Waals surface area contributed by atoms with E-state index in [2.05, 4.69) is 198 Å². The number of fused-ring (bicyclic) bond motifs is 9. The SMILES string of the molecule is C1=CC2C3=CC(c4ccc5c(c4)c4ccccc4n5-c4cccc(-c5nc(-c6ccccc6)c6sc7ccccc7c6n5)c4)=CCC3N(c3ccccc3)C2C=C1. The van der Waals surface area contributed by atoms with E-state index in [0.717, 1.165) is 45.0 Å². The third kappa shape index (κ3) is 5.12. The predicted octanol–water partition coefficient (Wildman–Crippen LogP) is 13.0. The Bertz CT molecular complexity index is 3180. The van der Waals surface area contributed by atoms with Gasteiger partial charge in [-0.25, -0.2) is 9.97 Å². The van der Waals surface area contributed by atoms with Crippen LogP contribution in [0.4, 0.5) is 5.69 Å². The van der Waals surface area contributed by atoms with Crippen LogP contribution in [0.3, 0.4) is 0 Å². The molecule has 3 aromatic heterocycles. The summed E-state index contributed by atoms with van der Waals surface area (Å²) < 4.78 is 4.74. The van der Waals surface area contributed by atoms with Crippen molar-refractivity contribution in [2.45, 2.75) is 18.5 Å². The Labute approximate surface area is 334 Å². The quantitative estimate of drug-likeness (QED) is 0.176. The van der Waals surface area contributed by atoms with Gasteiger partial charge in [0, 0.05) is 49.3 Å².